The summed E-state index contributed by atoms with van der Waals surface area (Å²) in [5.74, 6) is 0. The lowest BCUT2D eigenvalue weighted by molar-refractivity contribution is 1.22. The first-order chi connectivity index (χ1) is 12.8. The van der Waals surface area contributed by atoms with Gasteiger partial charge in [0.1, 0.15) is 0 Å². The van der Waals surface area contributed by atoms with Gasteiger partial charge in [-0.2, -0.15) is 5.26 Å². The largest absolute Gasteiger partial charge is 0.248 e. The molecule has 0 aliphatic heterocycles. The number of halogens is 6. The van der Waals surface area contributed by atoms with Crippen molar-refractivity contribution in [3.63, 3.8) is 0 Å². The van der Waals surface area contributed by atoms with Gasteiger partial charge in [0, 0.05) is 11.1 Å². The molecule has 1 aromatic heterocycles. The number of rotatable bonds is 3. The maximum Gasteiger partial charge on any atom is 0.0728 e. The quantitative estimate of drug-likeness (QED) is 0.356. The van der Waals surface area contributed by atoms with E-state index >= 15 is 0 Å². The molecule has 0 N–H and O–H groups in total. The fourth-order valence-electron chi connectivity index (χ4n) is 2.49. The van der Waals surface area contributed by atoms with Crippen molar-refractivity contribution in [3.05, 3.63) is 72.1 Å². The van der Waals surface area contributed by atoms with Gasteiger partial charge in [-0.3, -0.25) is 0 Å². The van der Waals surface area contributed by atoms with Crippen molar-refractivity contribution in [3.8, 4) is 28.6 Å². The predicted octanol–water partition coefficient (Wildman–Crippen LogP) is 8.40. The summed E-state index contributed by atoms with van der Waals surface area (Å²) in [6, 6.07) is 12.0. The summed E-state index contributed by atoms with van der Waals surface area (Å²) in [6.45, 7) is 0. The number of nitriles is 1. The Morgan fingerprint density at radius 2 is 1.04 bits per heavy atom. The second kappa shape index (κ2) is 8.45. The van der Waals surface area contributed by atoms with E-state index in [1.54, 1.807) is 36.4 Å². The second-order valence-electron chi connectivity index (χ2n) is 5.57. The second-order valence-corrected chi connectivity index (χ2v) is 8.02. The third-order valence-corrected chi connectivity index (χ3v) is 5.81. The molecule has 0 aliphatic carbocycles. The van der Waals surface area contributed by atoms with Crippen LogP contribution in [0, 0.1) is 11.3 Å². The molecule has 3 aromatic rings. The van der Waals surface area contributed by atoms with Crippen molar-refractivity contribution in [1.29, 1.82) is 5.26 Å². The van der Waals surface area contributed by atoms with Crippen molar-refractivity contribution in [2.24, 2.45) is 0 Å². The topological polar surface area (TPSA) is 36.7 Å². The third kappa shape index (κ3) is 4.46. The van der Waals surface area contributed by atoms with Crippen LogP contribution in [0.25, 0.3) is 22.5 Å². The highest BCUT2D eigenvalue weighted by Crippen LogP contribution is 2.38. The highest BCUT2D eigenvalue weighted by atomic mass is 35.5. The monoisotopic (exact) mass is 474 g/mol. The first-order valence-corrected chi connectivity index (χ1v) is 9.74. The Hall–Kier alpha value is -1.18. The van der Waals surface area contributed by atoms with Gasteiger partial charge in [0.2, 0.25) is 0 Å². The van der Waals surface area contributed by atoms with E-state index in [-0.39, 0.29) is 6.42 Å². The molecule has 3 rings (SSSR count). The van der Waals surface area contributed by atoms with Crippen LogP contribution in [0.1, 0.15) is 5.56 Å². The molecule has 0 unspecified atom stereocenters. The maximum atomic E-state index is 9.11. The lowest BCUT2D eigenvalue weighted by Gasteiger charge is -2.12. The molecule has 2 aromatic carbocycles. The van der Waals surface area contributed by atoms with Gasteiger partial charge in [-0.05, 0) is 42.0 Å². The predicted molar refractivity (Wildman–Crippen MR) is 114 cm³/mol. The number of aromatic nitrogens is 1. The average Bonchev–Trinajstić information content (AvgIpc) is 2.61. The summed E-state index contributed by atoms with van der Waals surface area (Å²) in [5, 5.41) is 11.3. The molecule has 0 saturated heterocycles. The van der Waals surface area contributed by atoms with Crippen molar-refractivity contribution in [2.45, 2.75) is 6.42 Å². The van der Waals surface area contributed by atoms with Crippen LogP contribution in [0.4, 0.5) is 0 Å². The van der Waals surface area contributed by atoms with Crippen LogP contribution >= 0.6 is 69.6 Å². The first kappa shape index (κ1) is 20.6. The number of hydrogen-bond donors (Lipinski definition) is 0. The van der Waals surface area contributed by atoms with Crippen molar-refractivity contribution < 1.29 is 0 Å². The van der Waals surface area contributed by atoms with Gasteiger partial charge < -0.3 is 0 Å². The first-order valence-electron chi connectivity index (χ1n) is 7.48. The molecule has 0 fully saturated rings. The molecule has 1 heterocycles. The average molecular weight is 477 g/mol. The molecule has 0 aliphatic rings. The van der Waals surface area contributed by atoms with E-state index in [9.17, 15) is 0 Å². The standard InChI is InChI=1S/C19H8Cl6N2/c20-12-7-16(24)14(22)5-10(12)18-3-9(1-2-26)4-19(27-18)11-6-15(23)17(25)8-13(11)21/h3-8H,1H2. The molecule has 0 atom stereocenters. The number of benzene rings is 2. The Balaban J connectivity index is 2.25. The number of hydrogen-bond acceptors (Lipinski definition) is 2. The summed E-state index contributed by atoms with van der Waals surface area (Å²) >= 11 is 36.9. The van der Waals surface area contributed by atoms with E-state index in [4.69, 9.17) is 74.9 Å². The van der Waals surface area contributed by atoms with Gasteiger partial charge >= 0.3 is 0 Å². The SMILES string of the molecule is N#CCc1cc(-c2cc(Cl)c(Cl)cc2Cl)nc(-c2cc(Cl)c(Cl)cc2Cl)c1. The smallest absolute Gasteiger partial charge is 0.0728 e. The summed E-state index contributed by atoms with van der Waals surface area (Å²) < 4.78 is 0. The van der Waals surface area contributed by atoms with Crippen LogP contribution < -0.4 is 0 Å². The zero-order valence-corrected chi connectivity index (χ0v) is 17.9. The molecule has 8 heteroatoms. The van der Waals surface area contributed by atoms with Gasteiger partial charge in [-0.1, -0.05) is 69.6 Å². The minimum absolute atomic E-state index is 0.181. The zero-order chi connectivity index (χ0) is 19.7. The Bertz CT molecular complexity index is 1010. The minimum Gasteiger partial charge on any atom is -0.248 e. The van der Waals surface area contributed by atoms with Crippen molar-refractivity contribution >= 4 is 69.6 Å². The fourth-order valence-corrected chi connectivity index (χ4v) is 3.78. The van der Waals surface area contributed by atoms with E-state index in [1.165, 1.54) is 0 Å². The van der Waals surface area contributed by atoms with Crippen LogP contribution in [0.15, 0.2) is 36.4 Å². The summed E-state index contributed by atoms with van der Waals surface area (Å²) in [5.41, 5.74) is 2.97. The normalized spacial score (nSPS) is 10.7. The molecule has 0 saturated carbocycles. The van der Waals surface area contributed by atoms with Gasteiger partial charge in [-0.25, -0.2) is 4.98 Å². The lowest BCUT2D eigenvalue weighted by atomic mass is 10.0. The highest BCUT2D eigenvalue weighted by Gasteiger charge is 2.15. The van der Waals surface area contributed by atoms with E-state index in [2.05, 4.69) is 11.1 Å². The molecule has 0 bridgehead atoms. The lowest BCUT2D eigenvalue weighted by Crippen LogP contribution is -1.94. The molecular weight excluding hydrogens is 469 g/mol. The van der Waals surface area contributed by atoms with E-state index < -0.39 is 0 Å². The zero-order valence-electron chi connectivity index (χ0n) is 13.3. The minimum atomic E-state index is 0.181. The van der Waals surface area contributed by atoms with E-state index in [0.29, 0.717) is 52.7 Å². The van der Waals surface area contributed by atoms with Gasteiger partial charge in [0.25, 0.3) is 0 Å². The molecule has 0 spiro atoms. The van der Waals surface area contributed by atoms with Crippen molar-refractivity contribution in [2.75, 3.05) is 0 Å². The van der Waals surface area contributed by atoms with Crippen LogP contribution in [0.3, 0.4) is 0 Å². The van der Waals surface area contributed by atoms with E-state index in [0.717, 1.165) is 5.56 Å². The maximum absolute atomic E-state index is 9.11. The Morgan fingerprint density at radius 3 is 1.44 bits per heavy atom. The van der Waals surface area contributed by atoms with Crippen molar-refractivity contribution in [1.82, 2.24) is 4.98 Å². The summed E-state index contributed by atoms with van der Waals surface area (Å²) in [4.78, 5) is 4.64. The Labute approximate surface area is 186 Å². The number of nitrogens with zero attached hydrogens (tertiary/aromatic N) is 2. The van der Waals surface area contributed by atoms with Crippen LogP contribution in [-0.2, 0) is 6.42 Å². The van der Waals surface area contributed by atoms with E-state index in [1.807, 2.05) is 0 Å². The third-order valence-electron chi connectivity index (χ3n) is 3.74. The Morgan fingerprint density at radius 1 is 0.630 bits per heavy atom. The summed E-state index contributed by atoms with van der Waals surface area (Å²) in [7, 11) is 0. The Kier molecular flexibility index (Phi) is 6.43. The van der Waals surface area contributed by atoms with Gasteiger partial charge in [0.05, 0.1) is 54.0 Å². The van der Waals surface area contributed by atoms with Gasteiger partial charge in [0.15, 0.2) is 0 Å². The fraction of sp³-hybridized carbons (Fsp3) is 0.0526. The molecule has 0 radical (unpaired) electrons. The molecular formula is C19H8Cl6N2. The van der Waals surface area contributed by atoms with Crippen LogP contribution in [0.2, 0.25) is 30.1 Å². The van der Waals surface area contributed by atoms with Crippen LogP contribution in [-0.4, -0.2) is 4.98 Å². The van der Waals surface area contributed by atoms with Gasteiger partial charge in [-0.15, -0.1) is 0 Å². The molecule has 0 amide bonds. The number of pyridine rings is 1. The molecule has 136 valence electrons. The molecule has 2 nitrogen and oxygen atoms in total. The summed E-state index contributed by atoms with van der Waals surface area (Å²) in [6.07, 6.45) is 0.181. The molecule has 27 heavy (non-hydrogen) atoms. The van der Waals surface area contributed by atoms with Crippen LogP contribution in [0.5, 0.6) is 0 Å². The highest BCUT2D eigenvalue weighted by molar-refractivity contribution is 6.44.